The van der Waals surface area contributed by atoms with Crippen molar-refractivity contribution in [2.24, 2.45) is 0 Å². The van der Waals surface area contributed by atoms with E-state index in [9.17, 15) is 4.79 Å². The summed E-state index contributed by atoms with van der Waals surface area (Å²) in [5.41, 5.74) is 2.42. The standard InChI is InChI=1S/C23H31N3O3/c1-18(20-7-5-4-6-8-20)25-13-15-26(16-14-25)23(27)24-12-11-19-9-10-21(28-2)22(17-19)29-3/h4-10,17-18H,11-16H2,1-3H3,(H,24,27). The lowest BCUT2D eigenvalue weighted by Gasteiger charge is -2.38. The van der Waals surface area contributed by atoms with Gasteiger partial charge in [0.15, 0.2) is 11.5 Å². The highest BCUT2D eigenvalue weighted by atomic mass is 16.5. The molecule has 1 saturated heterocycles. The molecule has 29 heavy (non-hydrogen) atoms. The van der Waals surface area contributed by atoms with Gasteiger partial charge >= 0.3 is 6.03 Å². The first kappa shape index (κ1) is 21.0. The average molecular weight is 398 g/mol. The van der Waals surface area contributed by atoms with Gasteiger partial charge in [-0.25, -0.2) is 4.79 Å². The third-order valence-corrected chi connectivity index (χ3v) is 5.57. The van der Waals surface area contributed by atoms with Gasteiger partial charge in [0.1, 0.15) is 0 Å². The fourth-order valence-electron chi connectivity index (χ4n) is 3.72. The van der Waals surface area contributed by atoms with Crippen LogP contribution in [-0.2, 0) is 6.42 Å². The number of rotatable bonds is 7. The molecule has 2 amide bonds. The molecular formula is C23H31N3O3. The van der Waals surface area contributed by atoms with Crippen LogP contribution in [0.5, 0.6) is 11.5 Å². The van der Waals surface area contributed by atoms with E-state index in [0.29, 0.717) is 24.1 Å². The fraction of sp³-hybridized carbons (Fsp3) is 0.435. The summed E-state index contributed by atoms with van der Waals surface area (Å²) < 4.78 is 10.6. The number of methoxy groups -OCH3 is 2. The first-order valence-electron chi connectivity index (χ1n) is 10.1. The number of piperazine rings is 1. The van der Waals surface area contributed by atoms with E-state index in [4.69, 9.17) is 9.47 Å². The molecule has 0 aromatic heterocycles. The highest BCUT2D eigenvalue weighted by Gasteiger charge is 2.24. The van der Waals surface area contributed by atoms with Crippen molar-refractivity contribution in [3.05, 3.63) is 59.7 Å². The van der Waals surface area contributed by atoms with Gasteiger partial charge in [-0.1, -0.05) is 36.4 Å². The monoisotopic (exact) mass is 397 g/mol. The van der Waals surface area contributed by atoms with Gasteiger partial charge in [0.05, 0.1) is 14.2 Å². The Kier molecular flexibility index (Phi) is 7.36. The number of carbonyl (C=O) groups is 1. The summed E-state index contributed by atoms with van der Waals surface area (Å²) in [6, 6.07) is 16.7. The smallest absolute Gasteiger partial charge is 0.317 e. The Morgan fingerprint density at radius 2 is 1.69 bits per heavy atom. The van der Waals surface area contributed by atoms with Gasteiger partial charge in [-0.2, -0.15) is 0 Å². The molecule has 2 aromatic rings. The molecule has 0 aliphatic carbocycles. The van der Waals surface area contributed by atoms with Crippen molar-refractivity contribution in [2.75, 3.05) is 46.9 Å². The van der Waals surface area contributed by atoms with Crippen LogP contribution in [0.1, 0.15) is 24.1 Å². The molecule has 1 atom stereocenters. The Bertz CT molecular complexity index is 789. The van der Waals surface area contributed by atoms with E-state index >= 15 is 0 Å². The summed E-state index contributed by atoms with van der Waals surface area (Å²) in [6.45, 7) is 6.10. The van der Waals surface area contributed by atoms with Gasteiger partial charge in [-0.05, 0) is 36.6 Å². The quantitative estimate of drug-likeness (QED) is 0.779. The number of urea groups is 1. The number of carbonyl (C=O) groups excluding carboxylic acids is 1. The molecule has 156 valence electrons. The highest BCUT2D eigenvalue weighted by molar-refractivity contribution is 5.74. The van der Waals surface area contributed by atoms with Gasteiger partial charge in [0.2, 0.25) is 0 Å². The van der Waals surface area contributed by atoms with Crippen LogP contribution in [0.2, 0.25) is 0 Å². The van der Waals surface area contributed by atoms with E-state index in [0.717, 1.165) is 38.2 Å². The van der Waals surface area contributed by atoms with Crippen LogP contribution in [0.15, 0.2) is 48.5 Å². The molecule has 6 heteroatoms. The minimum absolute atomic E-state index is 0.0116. The first-order chi connectivity index (χ1) is 14.1. The average Bonchev–Trinajstić information content (AvgIpc) is 2.79. The number of amides is 2. The number of ether oxygens (including phenoxy) is 2. The van der Waals surface area contributed by atoms with Gasteiger partial charge in [0, 0.05) is 38.8 Å². The molecule has 1 heterocycles. The third-order valence-electron chi connectivity index (χ3n) is 5.57. The SMILES string of the molecule is COc1ccc(CCNC(=O)N2CCN(C(C)c3ccccc3)CC2)cc1OC. The Hall–Kier alpha value is -2.73. The topological polar surface area (TPSA) is 54.0 Å². The van der Waals surface area contributed by atoms with E-state index in [1.165, 1.54) is 5.56 Å². The second kappa shape index (κ2) is 10.2. The molecule has 3 rings (SSSR count). The summed E-state index contributed by atoms with van der Waals surface area (Å²) in [7, 11) is 3.25. The van der Waals surface area contributed by atoms with Crippen LogP contribution in [0.25, 0.3) is 0 Å². The molecule has 0 spiro atoms. The molecule has 0 bridgehead atoms. The maximum atomic E-state index is 12.5. The van der Waals surface area contributed by atoms with Crippen LogP contribution in [-0.4, -0.2) is 62.8 Å². The lowest BCUT2D eigenvalue weighted by Crippen LogP contribution is -2.52. The Morgan fingerprint density at radius 3 is 2.34 bits per heavy atom. The van der Waals surface area contributed by atoms with Crippen molar-refractivity contribution in [3.63, 3.8) is 0 Å². The Balaban J connectivity index is 1.43. The van der Waals surface area contributed by atoms with E-state index in [1.54, 1.807) is 14.2 Å². The number of nitrogens with one attached hydrogen (secondary N) is 1. The molecule has 1 aliphatic heterocycles. The maximum Gasteiger partial charge on any atom is 0.317 e. The van der Waals surface area contributed by atoms with Crippen LogP contribution in [0, 0.1) is 0 Å². The molecular weight excluding hydrogens is 366 g/mol. The molecule has 0 radical (unpaired) electrons. The summed E-state index contributed by atoms with van der Waals surface area (Å²) in [6.07, 6.45) is 0.747. The Labute approximate surface area is 173 Å². The zero-order valence-corrected chi connectivity index (χ0v) is 17.6. The van der Waals surface area contributed by atoms with Crippen molar-refractivity contribution in [2.45, 2.75) is 19.4 Å². The van der Waals surface area contributed by atoms with Crippen LogP contribution in [0.4, 0.5) is 4.79 Å². The number of nitrogens with zero attached hydrogens (tertiary/aromatic N) is 2. The predicted molar refractivity (Wildman–Crippen MR) is 115 cm³/mol. The van der Waals surface area contributed by atoms with Gasteiger partial charge < -0.3 is 19.7 Å². The Morgan fingerprint density at radius 1 is 1.00 bits per heavy atom. The molecule has 2 aromatic carbocycles. The minimum Gasteiger partial charge on any atom is -0.493 e. The first-order valence-corrected chi connectivity index (χ1v) is 10.1. The van der Waals surface area contributed by atoms with Crippen molar-refractivity contribution in [1.29, 1.82) is 0 Å². The number of benzene rings is 2. The molecule has 0 saturated carbocycles. The highest BCUT2D eigenvalue weighted by Crippen LogP contribution is 2.27. The van der Waals surface area contributed by atoms with Crippen LogP contribution in [0.3, 0.4) is 0 Å². The molecule has 1 unspecified atom stereocenters. The maximum absolute atomic E-state index is 12.5. The summed E-state index contributed by atoms with van der Waals surface area (Å²) in [5.74, 6) is 1.42. The summed E-state index contributed by atoms with van der Waals surface area (Å²) in [4.78, 5) is 16.8. The van der Waals surface area contributed by atoms with Gasteiger partial charge in [-0.15, -0.1) is 0 Å². The molecule has 1 fully saturated rings. The lowest BCUT2D eigenvalue weighted by molar-refractivity contribution is 0.114. The second-order valence-electron chi connectivity index (χ2n) is 7.28. The van der Waals surface area contributed by atoms with Crippen molar-refractivity contribution in [3.8, 4) is 11.5 Å². The van der Waals surface area contributed by atoms with Crippen molar-refractivity contribution >= 4 is 6.03 Å². The largest absolute Gasteiger partial charge is 0.493 e. The second-order valence-corrected chi connectivity index (χ2v) is 7.28. The van der Waals surface area contributed by atoms with E-state index < -0.39 is 0 Å². The van der Waals surface area contributed by atoms with Gasteiger partial charge in [0.25, 0.3) is 0 Å². The molecule has 6 nitrogen and oxygen atoms in total. The van der Waals surface area contributed by atoms with E-state index in [1.807, 2.05) is 29.2 Å². The predicted octanol–water partition coefficient (Wildman–Crippen LogP) is 3.33. The van der Waals surface area contributed by atoms with Gasteiger partial charge in [-0.3, -0.25) is 4.90 Å². The van der Waals surface area contributed by atoms with E-state index in [2.05, 4.69) is 41.4 Å². The number of hydrogen-bond acceptors (Lipinski definition) is 4. The van der Waals surface area contributed by atoms with Crippen LogP contribution < -0.4 is 14.8 Å². The fourth-order valence-corrected chi connectivity index (χ4v) is 3.72. The molecule has 1 aliphatic rings. The zero-order chi connectivity index (χ0) is 20.6. The van der Waals surface area contributed by atoms with Crippen molar-refractivity contribution < 1.29 is 14.3 Å². The summed E-state index contributed by atoms with van der Waals surface area (Å²) in [5, 5.41) is 3.04. The third kappa shape index (κ3) is 5.41. The van der Waals surface area contributed by atoms with E-state index in [-0.39, 0.29) is 6.03 Å². The van der Waals surface area contributed by atoms with Crippen LogP contribution >= 0.6 is 0 Å². The normalized spacial score (nSPS) is 15.6. The lowest BCUT2D eigenvalue weighted by atomic mass is 10.1. The molecule has 1 N–H and O–H groups in total. The number of hydrogen-bond donors (Lipinski definition) is 1. The van der Waals surface area contributed by atoms with Crippen molar-refractivity contribution in [1.82, 2.24) is 15.1 Å². The zero-order valence-electron chi connectivity index (χ0n) is 17.6. The minimum atomic E-state index is 0.0116. The summed E-state index contributed by atoms with van der Waals surface area (Å²) >= 11 is 0.